The van der Waals surface area contributed by atoms with Gasteiger partial charge in [0.05, 0.1) is 4.90 Å². The first kappa shape index (κ1) is 22.5. The van der Waals surface area contributed by atoms with E-state index in [4.69, 9.17) is 0 Å². The maximum Gasteiger partial charge on any atom is 0.322 e. The Bertz CT molecular complexity index is 976. The molecule has 0 amide bonds. The van der Waals surface area contributed by atoms with Crippen molar-refractivity contribution in [2.75, 3.05) is 38.6 Å². The summed E-state index contributed by atoms with van der Waals surface area (Å²) in [5, 5.41) is 14.0. The van der Waals surface area contributed by atoms with E-state index in [-0.39, 0.29) is 11.4 Å². The Kier molecular flexibility index (Phi) is 7.33. The number of hydrogen-bond donors (Lipinski definition) is 2. The molecule has 0 aromatic heterocycles. The fourth-order valence-corrected chi connectivity index (χ4v) is 5.94. The third-order valence-corrected chi connectivity index (χ3v) is 7.59. The average molecular weight is 434 g/mol. The third kappa shape index (κ3) is 4.77. The first-order chi connectivity index (χ1) is 14.3. The standard InChI is InChI=1S/C17H20N2O4S.C5H11N/c1-18(2)14-8-3-7-13-12(14)6-4-10-16(13)24(22,23)19-11-5-9-15(19)17(20)21;1-2-4-6-5-3-1/h3-4,6-8,10,15H,5,9,11H2,1-2H3,(H,20,21);6H,1-5H2. The van der Waals surface area contributed by atoms with Gasteiger partial charge in [-0.15, -0.1) is 0 Å². The summed E-state index contributed by atoms with van der Waals surface area (Å²) >= 11 is 0. The number of piperidine rings is 1. The molecule has 30 heavy (non-hydrogen) atoms. The number of fused-ring (bicyclic) bond motifs is 1. The quantitative estimate of drug-likeness (QED) is 0.771. The minimum atomic E-state index is -3.87. The predicted octanol–water partition coefficient (Wildman–Crippen LogP) is 2.90. The van der Waals surface area contributed by atoms with Gasteiger partial charge in [0.15, 0.2) is 0 Å². The van der Waals surface area contributed by atoms with Crippen LogP contribution in [0.3, 0.4) is 0 Å². The number of rotatable bonds is 4. The van der Waals surface area contributed by atoms with Crippen LogP contribution in [0.15, 0.2) is 41.3 Å². The lowest BCUT2D eigenvalue weighted by molar-refractivity contribution is -0.140. The molecule has 2 aliphatic rings. The van der Waals surface area contributed by atoms with Gasteiger partial charge in [-0.1, -0.05) is 30.7 Å². The van der Waals surface area contributed by atoms with Crippen LogP contribution in [-0.4, -0.2) is 63.6 Å². The Morgan fingerprint density at radius 3 is 2.27 bits per heavy atom. The zero-order valence-electron chi connectivity index (χ0n) is 17.7. The normalized spacial score (nSPS) is 19.9. The number of anilines is 1. The van der Waals surface area contributed by atoms with Crippen molar-refractivity contribution in [1.82, 2.24) is 9.62 Å². The van der Waals surface area contributed by atoms with Crippen molar-refractivity contribution >= 4 is 32.5 Å². The second-order valence-corrected chi connectivity index (χ2v) is 9.80. The van der Waals surface area contributed by atoms with Crippen LogP contribution < -0.4 is 10.2 Å². The Hall–Kier alpha value is -2.16. The van der Waals surface area contributed by atoms with E-state index in [1.807, 2.05) is 37.2 Å². The number of carbonyl (C=O) groups is 1. The molecule has 2 saturated heterocycles. The molecule has 2 N–H and O–H groups in total. The number of nitrogens with one attached hydrogen (secondary N) is 1. The molecule has 7 nitrogen and oxygen atoms in total. The van der Waals surface area contributed by atoms with Crippen molar-refractivity contribution in [2.24, 2.45) is 0 Å². The molecule has 1 atom stereocenters. The van der Waals surface area contributed by atoms with Gasteiger partial charge in [0.1, 0.15) is 6.04 Å². The van der Waals surface area contributed by atoms with Crippen LogP contribution in [0.2, 0.25) is 0 Å². The maximum absolute atomic E-state index is 13.1. The van der Waals surface area contributed by atoms with Crippen molar-refractivity contribution in [3.05, 3.63) is 36.4 Å². The van der Waals surface area contributed by atoms with Crippen LogP contribution >= 0.6 is 0 Å². The molecule has 4 rings (SSSR count). The smallest absolute Gasteiger partial charge is 0.322 e. The lowest BCUT2D eigenvalue weighted by atomic mass is 10.1. The lowest BCUT2D eigenvalue weighted by Gasteiger charge is -2.23. The summed E-state index contributed by atoms with van der Waals surface area (Å²) in [6.07, 6.45) is 5.12. The van der Waals surface area contributed by atoms with Gasteiger partial charge in [-0.2, -0.15) is 4.31 Å². The summed E-state index contributed by atoms with van der Waals surface area (Å²) in [6, 6.07) is 9.65. The molecule has 0 aliphatic carbocycles. The molecule has 2 heterocycles. The first-order valence-corrected chi connectivity index (χ1v) is 11.9. The van der Waals surface area contributed by atoms with E-state index in [1.54, 1.807) is 18.2 Å². The molecule has 0 saturated carbocycles. The van der Waals surface area contributed by atoms with Gasteiger partial charge in [-0.05, 0) is 50.9 Å². The van der Waals surface area contributed by atoms with E-state index in [0.29, 0.717) is 18.2 Å². The van der Waals surface area contributed by atoms with E-state index in [1.165, 1.54) is 32.4 Å². The summed E-state index contributed by atoms with van der Waals surface area (Å²) in [5.74, 6) is -1.09. The zero-order valence-corrected chi connectivity index (χ0v) is 18.5. The van der Waals surface area contributed by atoms with Crippen LogP contribution in [-0.2, 0) is 14.8 Å². The Morgan fingerprint density at radius 2 is 1.70 bits per heavy atom. The number of nitrogens with zero attached hydrogens (tertiary/aromatic N) is 2. The van der Waals surface area contributed by atoms with E-state index < -0.39 is 22.0 Å². The van der Waals surface area contributed by atoms with Gasteiger partial charge >= 0.3 is 5.97 Å². The molecule has 2 aliphatic heterocycles. The van der Waals surface area contributed by atoms with E-state index in [2.05, 4.69) is 5.32 Å². The Labute approximate surface area is 178 Å². The van der Waals surface area contributed by atoms with Crippen molar-refractivity contribution in [1.29, 1.82) is 0 Å². The highest BCUT2D eigenvalue weighted by Crippen LogP contribution is 2.34. The van der Waals surface area contributed by atoms with Crippen LogP contribution in [0.1, 0.15) is 32.1 Å². The average Bonchev–Trinajstić information content (AvgIpc) is 3.26. The molecule has 0 radical (unpaired) electrons. The van der Waals surface area contributed by atoms with Crippen LogP contribution in [0.5, 0.6) is 0 Å². The molecule has 2 aromatic rings. The topological polar surface area (TPSA) is 90.0 Å². The van der Waals surface area contributed by atoms with Gasteiger partial charge in [0, 0.05) is 37.1 Å². The Balaban J connectivity index is 0.000000367. The predicted molar refractivity (Wildman–Crippen MR) is 120 cm³/mol. The number of sulfonamides is 1. The summed E-state index contributed by atoms with van der Waals surface area (Å²) in [6.45, 7) is 2.74. The van der Waals surface area contributed by atoms with Gasteiger partial charge in [-0.3, -0.25) is 4.79 Å². The largest absolute Gasteiger partial charge is 0.480 e. The molecule has 0 spiro atoms. The third-order valence-electron chi connectivity index (χ3n) is 5.62. The van der Waals surface area contributed by atoms with Gasteiger partial charge in [0.2, 0.25) is 10.0 Å². The fraction of sp³-hybridized carbons (Fsp3) is 0.500. The zero-order chi connectivity index (χ0) is 21.7. The first-order valence-electron chi connectivity index (χ1n) is 10.5. The van der Waals surface area contributed by atoms with E-state index in [0.717, 1.165) is 15.4 Å². The second kappa shape index (κ2) is 9.76. The SMILES string of the molecule is C1CCNCC1.CN(C)c1cccc2c(S(=O)(=O)N3CCCC3C(=O)O)cccc12. The molecule has 2 aromatic carbocycles. The number of carboxylic acid groups (broad SMARTS) is 1. The van der Waals surface area contributed by atoms with Gasteiger partial charge < -0.3 is 15.3 Å². The van der Waals surface area contributed by atoms with Crippen molar-refractivity contribution in [2.45, 2.75) is 43.0 Å². The highest BCUT2D eigenvalue weighted by atomic mass is 32.2. The minimum Gasteiger partial charge on any atom is -0.480 e. The monoisotopic (exact) mass is 433 g/mol. The molecule has 164 valence electrons. The molecule has 2 fully saturated rings. The van der Waals surface area contributed by atoms with Crippen LogP contribution in [0, 0.1) is 0 Å². The number of carboxylic acids is 1. The maximum atomic E-state index is 13.1. The summed E-state index contributed by atoms with van der Waals surface area (Å²) < 4.78 is 27.3. The lowest BCUT2D eigenvalue weighted by Crippen LogP contribution is -2.40. The van der Waals surface area contributed by atoms with Crippen molar-refractivity contribution in [3.63, 3.8) is 0 Å². The molecule has 1 unspecified atom stereocenters. The van der Waals surface area contributed by atoms with Crippen molar-refractivity contribution < 1.29 is 18.3 Å². The van der Waals surface area contributed by atoms with Crippen LogP contribution in [0.4, 0.5) is 5.69 Å². The minimum absolute atomic E-state index is 0.164. The number of aliphatic carboxylic acids is 1. The van der Waals surface area contributed by atoms with Gasteiger partial charge in [-0.25, -0.2) is 8.42 Å². The highest BCUT2D eigenvalue weighted by Gasteiger charge is 2.40. The molecule has 0 bridgehead atoms. The highest BCUT2D eigenvalue weighted by molar-refractivity contribution is 7.89. The fourth-order valence-electron chi connectivity index (χ4n) is 4.08. The molecular formula is C22H31N3O4S. The summed E-state index contributed by atoms with van der Waals surface area (Å²) in [7, 11) is -0.0686. The van der Waals surface area contributed by atoms with Crippen LogP contribution in [0.25, 0.3) is 10.8 Å². The van der Waals surface area contributed by atoms with Gasteiger partial charge in [0.25, 0.3) is 0 Å². The van der Waals surface area contributed by atoms with Crippen molar-refractivity contribution in [3.8, 4) is 0 Å². The van der Waals surface area contributed by atoms with E-state index >= 15 is 0 Å². The van der Waals surface area contributed by atoms with E-state index in [9.17, 15) is 18.3 Å². The number of hydrogen-bond acceptors (Lipinski definition) is 5. The Morgan fingerprint density at radius 1 is 1.03 bits per heavy atom. The summed E-state index contributed by atoms with van der Waals surface area (Å²) in [4.78, 5) is 13.5. The number of benzene rings is 2. The second-order valence-electron chi connectivity index (χ2n) is 7.95. The molecular weight excluding hydrogens is 402 g/mol. The molecule has 8 heteroatoms. The summed E-state index contributed by atoms with van der Waals surface area (Å²) in [5.41, 5.74) is 0.917.